The maximum atomic E-state index is 10.7. The second kappa shape index (κ2) is 5.52. The minimum atomic E-state index is -0.105. The van der Waals surface area contributed by atoms with Crippen LogP contribution in [0.1, 0.15) is 12.5 Å². The fourth-order valence-corrected chi connectivity index (χ4v) is 1.68. The normalized spacial score (nSPS) is 9.67. The van der Waals surface area contributed by atoms with Gasteiger partial charge in [-0.3, -0.25) is 4.79 Å². The van der Waals surface area contributed by atoms with E-state index in [1.165, 1.54) is 6.92 Å². The molecule has 0 aliphatic carbocycles. The van der Waals surface area contributed by atoms with Crippen molar-refractivity contribution in [3.05, 3.63) is 41.0 Å². The van der Waals surface area contributed by atoms with Gasteiger partial charge in [-0.15, -0.1) is 0 Å². The lowest BCUT2D eigenvalue weighted by Crippen LogP contribution is -2.19. The van der Waals surface area contributed by atoms with Gasteiger partial charge in [0.05, 0.1) is 17.6 Å². The van der Waals surface area contributed by atoms with Crippen LogP contribution in [0.15, 0.2) is 30.3 Å². The van der Waals surface area contributed by atoms with E-state index in [0.29, 0.717) is 17.3 Å². The molecule has 0 radical (unpaired) electrons. The first kappa shape index (κ1) is 12.4. The van der Waals surface area contributed by atoms with Crippen LogP contribution in [-0.4, -0.2) is 17.4 Å². The molecule has 0 saturated carbocycles. The third-order valence-corrected chi connectivity index (χ3v) is 2.61. The Morgan fingerprint density at radius 3 is 3.00 bits per heavy atom. The Balaban J connectivity index is 2.27. The predicted molar refractivity (Wildman–Crippen MR) is 72.3 cm³/mol. The van der Waals surface area contributed by atoms with Crippen molar-refractivity contribution in [3.63, 3.8) is 0 Å². The molecule has 0 aliphatic rings. The number of carbonyl (C=O) groups excluding carboxylic acids is 1. The molecule has 1 amide bonds. The zero-order valence-electron chi connectivity index (χ0n) is 9.83. The van der Waals surface area contributed by atoms with Crippen LogP contribution in [0.4, 0.5) is 0 Å². The van der Waals surface area contributed by atoms with E-state index in [-0.39, 0.29) is 5.91 Å². The Labute approximate surface area is 110 Å². The summed E-state index contributed by atoms with van der Waals surface area (Å²) in [5, 5.41) is 3.97. The summed E-state index contributed by atoms with van der Waals surface area (Å²) in [7, 11) is 0. The predicted octanol–water partition coefficient (Wildman–Crippen LogP) is 2.38. The van der Waals surface area contributed by atoms with Gasteiger partial charge in [0.15, 0.2) is 0 Å². The largest absolute Gasteiger partial charge is 0.345 e. The Morgan fingerprint density at radius 2 is 2.22 bits per heavy atom. The molecule has 1 heterocycles. The monoisotopic (exact) mass is 258 g/mol. The summed E-state index contributed by atoms with van der Waals surface area (Å²) >= 11 is 6.04. The highest BCUT2D eigenvalue weighted by Gasteiger charge is 2.01. The first-order valence-electron chi connectivity index (χ1n) is 5.45. The number of nitrogens with one attached hydrogen (secondary N) is 1. The molecule has 0 fully saturated rings. The van der Waals surface area contributed by atoms with Crippen LogP contribution in [0.2, 0.25) is 5.15 Å². The van der Waals surface area contributed by atoms with Crippen LogP contribution >= 0.6 is 11.6 Å². The highest BCUT2D eigenvalue weighted by atomic mass is 35.5. The Kier molecular flexibility index (Phi) is 3.81. The smallest absolute Gasteiger partial charge is 0.217 e. The van der Waals surface area contributed by atoms with Crippen molar-refractivity contribution in [2.45, 2.75) is 6.92 Å². The summed E-state index contributed by atoms with van der Waals surface area (Å²) in [6.07, 6.45) is 0. The molecule has 0 saturated heterocycles. The number of carbonyl (C=O) groups is 1. The molecule has 1 aromatic carbocycles. The topological polar surface area (TPSA) is 42.0 Å². The average molecular weight is 259 g/mol. The van der Waals surface area contributed by atoms with E-state index in [9.17, 15) is 4.79 Å². The molecular weight excluding hydrogens is 248 g/mol. The van der Waals surface area contributed by atoms with Gasteiger partial charge in [0.25, 0.3) is 0 Å². The lowest BCUT2D eigenvalue weighted by atomic mass is 10.1. The molecule has 3 nitrogen and oxygen atoms in total. The third kappa shape index (κ3) is 2.99. The van der Waals surface area contributed by atoms with Gasteiger partial charge in [0, 0.05) is 12.3 Å². The molecule has 2 rings (SSSR count). The molecular formula is C14H11ClN2O. The molecule has 1 N–H and O–H groups in total. The van der Waals surface area contributed by atoms with Crippen LogP contribution in [0.3, 0.4) is 0 Å². The quantitative estimate of drug-likeness (QED) is 0.630. The van der Waals surface area contributed by atoms with Crippen LogP contribution in [0.25, 0.3) is 10.9 Å². The molecule has 1 aromatic heterocycles. The molecule has 4 heteroatoms. The Bertz CT molecular complexity index is 656. The third-order valence-electron chi connectivity index (χ3n) is 2.33. The number of halogens is 1. The highest BCUT2D eigenvalue weighted by molar-refractivity contribution is 6.31. The maximum Gasteiger partial charge on any atom is 0.217 e. The van der Waals surface area contributed by atoms with E-state index in [2.05, 4.69) is 22.1 Å². The zero-order chi connectivity index (χ0) is 13.0. The van der Waals surface area contributed by atoms with Gasteiger partial charge in [-0.05, 0) is 12.1 Å². The van der Waals surface area contributed by atoms with Gasteiger partial charge in [0.1, 0.15) is 5.15 Å². The van der Waals surface area contributed by atoms with E-state index < -0.39 is 0 Å². The van der Waals surface area contributed by atoms with Crippen molar-refractivity contribution in [3.8, 4) is 11.8 Å². The van der Waals surface area contributed by atoms with E-state index in [4.69, 9.17) is 11.6 Å². The lowest BCUT2D eigenvalue weighted by Gasteiger charge is -2.00. The van der Waals surface area contributed by atoms with Crippen LogP contribution in [0, 0.1) is 11.8 Å². The summed E-state index contributed by atoms with van der Waals surface area (Å²) in [6, 6.07) is 9.60. The molecule has 2 aromatic rings. The number of amides is 1. The minimum absolute atomic E-state index is 0.105. The summed E-state index contributed by atoms with van der Waals surface area (Å²) < 4.78 is 0. The summed E-state index contributed by atoms with van der Waals surface area (Å²) in [4.78, 5) is 14.9. The zero-order valence-corrected chi connectivity index (χ0v) is 10.6. The second-order valence-electron chi connectivity index (χ2n) is 3.73. The van der Waals surface area contributed by atoms with Crippen LogP contribution in [0.5, 0.6) is 0 Å². The Hall–Kier alpha value is -2.05. The van der Waals surface area contributed by atoms with Gasteiger partial charge >= 0.3 is 0 Å². The molecule has 90 valence electrons. The van der Waals surface area contributed by atoms with Crippen molar-refractivity contribution < 1.29 is 4.79 Å². The second-order valence-corrected chi connectivity index (χ2v) is 4.09. The fourth-order valence-electron chi connectivity index (χ4n) is 1.49. The number of hydrogen-bond acceptors (Lipinski definition) is 2. The highest BCUT2D eigenvalue weighted by Crippen LogP contribution is 2.19. The molecule has 0 bridgehead atoms. The van der Waals surface area contributed by atoms with Gasteiger partial charge in [-0.1, -0.05) is 41.6 Å². The number of pyridine rings is 1. The first-order chi connectivity index (χ1) is 8.66. The number of para-hydroxylation sites is 1. The number of benzene rings is 1. The number of rotatable bonds is 1. The van der Waals surface area contributed by atoms with Gasteiger partial charge in [-0.2, -0.15) is 0 Å². The minimum Gasteiger partial charge on any atom is -0.345 e. The molecule has 0 spiro atoms. The number of aromatic nitrogens is 1. The van der Waals surface area contributed by atoms with Crippen molar-refractivity contribution in [1.29, 1.82) is 0 Å². The number of fused-ring (bicyclic) bond motifs is 1. The molecule has 0 aliphatic heterocycles. The summed E-state index contributed by atoms with van der Waals surface area (Å²) in [5.41, 5.74) is 1.51. The van der Waals surface area contributed by atoms with Gasteiger partial charge in [0.2, 0.25) is 5.91 Å². The standard InChI is InChI=1S/C14H11ClN2O/c1-10(18)16-8-4-6-12-9-11-5-2-3-7-13(11)17-14(12)15/h2-3,5,7,9H,8H2,1H3,(H,16,18). The Morgan fingerprint density at radius 1 is 1.44 bits per heavy atom. The molecule has 0 atom stereocenters. The van der Waals surface area contributed by atoms with E-state index in [1.54, 1.807) is 0 Å². The van der Waals surface area contributed by atoms with Crippen molar-refractivity contribution in [1.82, 2.24) is 10.3 Å². The first-order valence-corrected chi connectivity index (χ1v) is 5.83. The molecule has 18 heavy (non-hydrogen) atoms. The van der Waals surface area contributed by atoms with E-state index >= 15 is 0 Å². The summed E-state index contributed by atoms with van der Waals surface area (Å²) in [5.74, 6) is 5.63. The van der Waals surface area contributed by atoms with Gasteiger partial charge in [-0.25, -0.2) is 4.98 Å². The van der Waals surface area contributed by atoms with Gasteiger partial charge < -0.3 is 5.32 Å². The van der Waals surface area contributed by atoms with Crippen molar-refractivity contribution in [2.24, 2.45) is 0 Å². The van der Waals surface area contributed by atoms with E-state index in [1.807, 2.05) is 30.3 Å². The maximum absolute atomic E-state index is 10.7. The summed E-state index contributed by atoms with van der Waals surface area (Å²) in [6.45, 7) is 1.75. The SMILES string of the molecule is CC(=O)NCC#Cc1cc2ccccc2nc1Cl. The van der Waals surface area contributed by atoms with E-state index in [0.717, 1.165) is 10.9 Å². The fraction of sp³-hybridized carbons (Fsp3) is 0.143. The number of nitrogens with zero attached hydrogens (tertiary/aromatic N) is 1. The van der Waals surface area contributed by atoms with Crippen molar-refractivity contribution in [2.75, 3.05) is 6.54 Å². The van der Waals surface area contributed by atoms with Crippen LogP contribution in [-0.2, 0) is 4.79 Å². The number of hydrogen-bond donors (Lipinski definition) is 1. The van der Waals surface area contributed by atoms with Crippen LogP contribution < -0.4 is 5.32 Å². The molecule has 0 unspecified atom stereocenters. The lowest BCUT2D eigenvalue weighted by molar-refractivity contribution is -0.118. The average Bonchev–Trinajstić information content (AvgIpc) is 2.34. The van der Waals surface area contributed by atoms with Crippen molar-refractivity contribution >= 4 is 28.4 Å².